The van der Waals surface area contributed by atoms with Gasteiger partial charge in [0.1, 0.15) is 12.4 Å². The second-order valence-corrected chi connectivity index (χ2v) is 7.32. The molecule has 0 saturated carbocycles. The van der Waals surface area contributed by atoms with Crippen LogP contribution in [0.4, 0.5) is 11.4 Å². The Labute approximate surface area is 153 Å². The van der Waals surface area contributed by atoms with Gasteiger partial charge in [-0.15, -0.1) is 0 Å². The van der Waals surface area contributed by atoms with Crippen molar-refractivity contribution in [3.63, 3.8) is 0 Å². The van der Waals surface area contributed by atoms with Gasteiger partial charge in [0.25, 0.3) is 0 Å². The van der Waals surface area contributed by atoms with E-state index in [1.807, 2.05) is 30.3 Å². The molecule has 0 amide bonds. The number of benzene rings is 2. The summed E-state index contributed by atoms with van der Waals surface area (Å²) in [6.07, 6.45) is 0. The number of anilines is 2. The molecule has 1 saturated heterocycles. The minimum Gasteiger partial charge on any atom is -0.492 e. The van der Waals surface area contributed by atoms with Gasteiger partial charge < -0.3 is 20.9 Å². The third-order valence-electron chi connectivity index (χ3n) is 4.28. The molecule has 2 aromatic carbocycles. The van der Waals surface area contributed by atoms with Crippen molar-refractivity contribution in [3.8, 4) is 5.75 Å². The molecule has 0 aliphatic carbocycles. The van der Waals surface area contributed by atoms with Crippen LogP contribution in [0.2, 0.25) is 0 Å². The number of rotatable bonds is 6. The number of hydrogen-bond acceptors (Lipinski definition) is 6. The molecule has 1 heterocycles. The fourth-order valence-corrected chi connectivity index (χ4v) is 3.56. The number of nitrogens with zero attached hydrogens (tertiary/aromatic N) is 1. The van der Waals surface area contributed by atoms with Crippen LogP contribution < -0.4 is 16.2 Å². The Morgan fingerprint density at radius 2 is 1.72 bits per heavy atom. The van der Waals surface area contributed by atoms with Crippen LogP contribution in [0.15, 0.2) is 52.3 Å². The number of hydrogen-bond donors (Lipinski definition) is 2. The predicted octanol–water partition coefficient (Wildman–Crippen LogP) is 3.10. The maximum Gasteiger partial charge on any atom is 0.119 e. The molecular formula is C19H25N3O2S. The summed E-state index contributed by atoms with van der Waals surface area (Å²) in [6, 6.07) is 14.2. The molecule has 4 N–H and O–H groups in total. The molecule has 0 aromatic heterocycles. The zero-order valence-corrected chi connectivity index (χ0v) is 15.3. The quantitative estimate of drug-likeness (QED) is 0.772. The van der Waals surface area contributed by atoms with Gasteiger partial charge in [0, 0.05) is 28.9 Å². The van der Waals surface area contributed by atoms with Gasteiger partial charge in [-0.1, -0.05) is 11.8 Å². The van der Waals surface area contributed by atoms with Crippen LogP contribution >= 0.6 is 11.8 Å². The monoisotopic (exact) mass is 359 g/mol. The summed E-state index contributed by atoms with van der Waals surface area (Å²) in [5.74, 6) is 0.890. The highest BCUT2D eigenvalue weighted by atomic mass is 32.2. The summed E-state index contributed by atoms with van der Waals surface area (Å²) in [7, 11) is 0. The first kappa shape index (κ1) is 17.9. The van der Waals surface area contributed by atoms with E-state index in [-0.39, 0.29) is 0 Å². The molecule has 0 bridgehead atoms. The van der Waals surface area contributed by atoms with E-state index in [0.29, 0.717) is 24.0 Å². The molecular weight excluding hydrogens is 334 g/mol. The maximum atomic E-state index is 5.93. The summed E-state index contributed by atoms with van der Waals surface area (Å²) in [5.41, 5.74) is 12.8. The van der Waals surface area contributed by atoms with Crippen molar-refractivity contribution in [1.29, 1.82) is 0 Å². The van der Waals surface area contributed by atoms with Crippen molar-refractivity contribution in [2.45, 2.75) is 22.8 Å². The van der Waals surface area contributed by atoms with Gasteiger partial charge in [-0.2, -0.15) is 0 Å². The number of ether oxygens (including phenoxy) is 2. The van der Waals surface area contributed by atoms with Crippen molar-refractivity contribution in [3.05, 3.63) is 42.5 Å². The summed E-state index contributed by atoms with van der Waals surface area (Å²) in [5, 5.41) is 0. The van der Waals surface area contributed by atoms with E-state index in [4.69, 9.17) is 20.9 Å². The minimum absolute atomic E-state index is 0.385. The Morgan fingerprint density at radius 3 is 2.40 bits per heavy atom. The highest BCUT2D eigenvalue weighted by molar-refractivity contribution is 7.99. The fraction of sp³-hybridized carbons (Fsp3) is 0.368. The van der Waals surface area contributed by atoms with E-state index in [0.717, 1.165) is 41.8 Å². The molecule has 5 nitrogen and oxygen atoms in total. The molecule has 1 unspecified atom stereocenters. The van der Waals surface area contributed by atoms with E-state index in [9.17, 15) is 0 Å². The van der Waals surface area contributed by atoms with Crippen molar-refractivity contribution in [1.82, 2.24) is 4.90 Å². The van der Waals surface area contributed by atoms with E-state index < -0.39 is 0 Å². The molecule has 25 heavy (non-hydrogen) atoms. The van der Waals surface area contributed by atoms with Crippen LogP contribution in [0, 0.1) is 0 Å². The Hall–Kier alpha value is -1.89. The SMILES string of the molecule is CC(COc1ccc(Sc2ccc(N)c(N)c2)cc1)N1CCOCC1. The lowest BCUT2D eigenvalue weighted by Gasteiger charge is -2.32. The first-order valence-corrected chi connectivity index (χ1v) is 9.31. The summed E-state index contributed by atoms with van der Waals surface area (Å²) in [6.45, 7) is 6.45. The van der Waals surface area contributed by atoms with E-state index in [1.54, 1.807) is 11.8 Å². The topological polar surface area (TPSA) is 73.7 Å². The van der Waals surface area contributed by atoms with E-state index in [1.165, 1.54) is 0 Å². The number of nitrogen functional groups attached to an aromatic ring is 2. The van der Waals surface area contributed by atoms with Crippen LogP contribution in [0.25, 0.3) is 0 Å². The zero-order chi connectivity index (χ0) is 17.6. The Balaban J connectivity index is 1.52. The van der Waals surface area contributed by atoms with Crippen molar-refractivity contribution >= 4 is 23.1 Å². The summed E-state index contributed by atoms with van der Waals surface area (Å²) < 4.78 is 11.3. The molecule has 1 aliphatic heterocycles. The average Bonchev–Trinajstić information content (AvgIpc) is 2.64. The van der Waals surface area contributed by atoms with Gasteiger partial charge in [-0.3, -0.25) is 4.90 Å². The zero-order valence-electron chi connectivity index (χ0n) is 14.5. The first-order valence-electron chi connectivity index (χ1n) is 8.49. The lowest BCUT2D eigenvalue weighted by atomic mass is 10.2. The molecule has 1 fully saturated rings. The number of nitrogens with two attached hydrogens (primary N) is 2. The van der Waals surface area contributed by atoms with Crippen LogP contribution in [-0.2, 0) is 4.74 Å². The summed E-state index contributed by atoms with van der Waals surface area (Å²) in [4.78, 5) is 4.61. The summed E-state index contributed by atoms with van der Waals surface area (Å²) >= 11 is 1.65. The second kappa shape index (κ2) is 8.47. The normalized spacial score (nSPS) is 16.5. The lowest BCUT2D eigenvalue weighted by molar-refractivity contribution is 0.0105. The van der Waals surface area contributed by atoms with Crippen LogP contribution in [0.5, 0.6) is 5.75 Å². The second-order valence-electron chi connectivity index (χ2n) is 6.17. The van der Waals surface area contributed by atoms with Gasteiger partial charge in [-0.05, 0) is 49.4 Å². The molecule has 1 aliphatic rings. The molecule has 0 radical (unpaired) electrons. The van der Waals surface area contributed by atoms with Gasteiger partial charge in [-0.25, -0.2) is 0 Å². The minimum atomic E-state index is 0.385. The lowest BCUT2D eigenvalue weighted by Crippen LogP contribution is -2.44. The third kappa shape index (κ3) is 5.04. The smallest absolute Gasteiger partial charge is 0.119 e. The highest BCUT2D eigenvalue weighted by Gasteiger charge is 2.17. The van der Waals surface area contributed by atoms with Crippen molar-refractivity contribution < 1.29 is 9.47 Å². The fourth-order valence-electron chi connectivity index (χ4n) is 2.70. The molecule has 0 spiro atoms. The molecule has 6 heteroatoms. The Morgan fingerprint density at radius 1 is 1.04 bits per heavy atom. The standard InChI is InChI=1S/C19H25N3O2S/c1-14(22-8-10-23-11-9-22)13-24-15-2-4-16(5-3-15)25-17-6-7-18(20)19(21)12-17/h2-7,12,14H,8-11,13,20-21H2,1H3. The van der Waals surface area contributed by atoms with Gasteiger partial charge in [0.15, 0.2) is 0 Å². The average molecular weight is 359 g/mol. The molecule has 2 aromatic rings. The van der Waals surface area contributed by atoms with Gasteiger partial charge in [0.2, 0.25) is 0 Å². The van der Waals surface area contributed by atoms with Crippen molar-refractivity contribution in [2.24, 2.45) is 0 Å². The predicted molar refractivity (Wildman–Crippen MR) is 103 cm³/mol. The Kier molecular flexibility index (Phi) is 6.07. The first-order chi connectivity index (χ1) is 12.1. The van der Waals surface area contributed by atoms with Crippen LogP contribution in [0.1, 0.15) is 6.92 Å². The van der Waals surface area contributed by atoms with E-state index in [2.05, 4.69) is 24.0 Å². The van der Waals surface area contributed by atoms with Gasteiger partial charge >= 0.3 is 0 Å². The maximum absolute atomic E-state index is 5.93. The molecule has 1 atom stereocenters. The highest BCUT2D eigenvalue weighted by Crippen LogP contribution is 2.31. The molecule has 134 valence electrons. The Bertz CT molecular complexity index is 688. The van der Waals surface area contributed by atoms with Crippen LogP contribution in [-0.4, -0.2) is 43.9 Å². The number of morpholine rings is 1. The van der Waals surface area contributed by atoms with Crippen LogP contribution in [0.3, 0.4) is 0 Å². The van der Waals surface area contributed by atoms with E-state index >= 15 is 0 Å². The molecule has 3 rings (SSSR count). The van der Waals surface area contributed by atoms with Crippen molar-refractivity contribution in [2.75, 3.05) is 44.4 Å². The third-order valence-corrected chi connectivity index (χ3v) is 5.28. The largest absolute Gasteiger partial charge is 0.492 e. The van der Waals surface area contributed by atoms with Gasteiger partial charge in [0.05, 0.1) is 24.6 Å².